The van der Waals surface area contributed by atoms with Gasteiger partial charge in [0.25, 0.3) is 5.91 Å². The van der Waals surface area contributed by atoms with Crippen molar-refractivity contribution in [3.63, 3.8) is 0 Å². The lowest BCUT2D eigenvalue weighted by Crippen LogP contribution is -2.48. The summed E-state index contributed by atoms with van der Waals surface area (Å²) in [6, 6.07) is 8.64. The molecule has 1 aromatic carbocycles. The van der Waals surface area contributed by atoms with E-state index in [0.29, 0.717) is 10.6 Å². The van der Waals surface area contributed by atoms with E-state index < -0.39 is 17.8 Å². The molecule has 1 fully saturated rings. The number of alkyl halides is 3. The summed E-state index contributed by atoms with van der Waals surface area (Å²) in [4.78, 5) is 15.9. The number of amides is 1. The second kappa shape index (κ2) is 4.82. The van der Waals surface area contributed by atoms with Crippen LogP contribution >= 0.6 is 0 Å². The Balaban J connectivity index is 2.27. The average molecular weight is 274 g/mol. The number of carbonyl (C=O) groups excluding carboxylic acids is 1. The van der Waals surface area contributed by atoms with Crippen LogP contribution in [0.4, 0.5) is 13.2 Å². The first-order valence-electron chi connectivity index (χ1n) is 5.71. The van der Waals surface area contributed by atoms with Crippen molar-refractivity contribution in [2.45, 2.75) is 18.3 Å². The minimum Gasteiger partial charge on any atom is -0.303 e. The molecule has 19 heavy (non-hydrogen) atoms. The Morgan fingerprint density at radius 1 is 1.32 bits per heavy atom. The van der Waals surface area contributed by atoms with E-state index in [0.717, 1.165) is 0 Å². The molecule has 104 valence electrons. The Kier molecular flexibility index (Phi) is 3.51. The largest absolute Gasteiger partial charge is 0.544 e. The number of nitrogens with one attached hydrogen (secondary N) is 1. The van der Waals surface area contributed by atoms with Crippen molar-refractivity contribution in [3.05, 3.63) is 35.9 Å². The SMILES string of the molecule is CN[C@]1(c2ccccc2)CCN(OC(F)(F)F)C1=O. The standard InChI is InChI=1S/C12H13F3N2O2/c1-16-11(9-5-3-2-4-6-9)7-8-17(10(11)18)19-12(13,14)15/h2-6,16H,7-8H2,1H3/t11-/m0/s1. The fourth-order valence-electron chi connectivity index (χ4n) is 2.27. The van der Waals surface area contributed by atoms with Crippen molar-refractivity contribution in [3.8, 4) is 0 Å². The lowest BCUT2D eigenvalue weighted by atomic mass is 9.88. The number of rotatable bonds is 3. The maximum Gasteiger partial charge on any atom is 0.544 e. The van der Waals surface area contributed by atoms with Crippen LogP contribution in [0.2, 0.25) is 0 Å². The van der Waals surface area contributed by atoms with E-state index in [9.17, 15) is 18.0 Å². The molecule has 1 aliphatic rings. The zero-order valence-electron chi connectivity index (χ0n) is 10.2. The number of halogens is 3. The van der Waals surface area contributed by atoms with E-state index in [1.165, 1.54) is 0 Å². The predicted molar refractivity (Wildman–Crippen MR) is 60.6 cm³/mol. The van der Waals surface area contributed by atoms with E-state index in [1.54, 1.807) is 37.4 Å². The summed E-state index contributed by atoms with van der Waals surface area (Å²) in [7, 11) is 1.54. The van der Waals surface area contributed by atoms with Crippen LogP contribution in [-0.4, -0.2) is 30.9 Å². The first-order chi connectivity index (χ1) is 8.89. The van der Waals surface area contributed by atoms with Crippen LogP contribution in [0.15, 0.2) is 30.3 Å². The molecule has 0 spiro atoms. The molecule has 0 saturated carbocycles. The van der Waals surface area contributed by atoms with Gasteiger partial charge in [0.1, 0.15) is 5.54 Å². The number of hydrogen-bond acceptors (Lipinski definition) is 3. The van der Waals surface area contributed by atoms with Gasteiger partial charge in [-0.2, -0.15) is 4.84 Å². The van der Waals surface area contributed by atoms with Crippen LogP contribution in [0.3, 0.4) is 0 Å². The van der Waals surface area contributed by atoms with E-state index in [1.807, 2.05) is 0 Å². The molecule has 0 aliphatic carbocycles. The highest BCUT2D eigenvalue weighted by atomic mass is 19.4. The summed E-state index contributed by atoms with van der Waals surface area (Å²) in [6.07, 6.45) is -4.65. The number of hydroxylamine groups is 2. The summed E-state index contributed by atoms with van der Waals surface area (Å²) in [6.45, 7) is -0.117. The first kappa shape index (κ1) is 13.8. The van der Waals surface area contributed by atoms with Crippen molar-refractivity contribution in [2.75, 3.05) is 13.6 Å². The Labute approximate surface area is 108 Å². The molecule has 1 aromatic rings. The smallest absolute Gasteiger partial charge is 0.303 e. The molecule has 1 amide bonds. The minimum absolute atomic E-state index is 0.117. The highest BCUT2D eigenvalue weighted by molar-refractivity contribution is 5.89. The highest BCUT2D eigenvalue weighted by Crippen LogP contribution is 2.35. The van der Waals surface area contributed by atoms with Crippen molar-refractivity contribution in [1.82, 2.24) is 10.4 Å². The fourth-order valence-corrected chi connectivity index (χ4v) is 2.27. The van der Waals surface area contributed by atoms with Crippen LogP contribution < -0.4 is 5.32 Å². The normalized spacial score (nSPS) is 24.0. The second-order valence-corrected chi connectivity index (χ2v) is 4.22. The van der Waals surface area contributed by atoms with Crippen molar-refractivity contribution < 1.29 is 22.8 Å². The second-order valence-electron chi connectivity index (χ2n) is 4.22. The maximum absolute atomic E-state index is 12.2. The zero-order chi connectivity index (χ0) is 14.1. The van der Waals surface area contributed by atoms with Gasteiger partial charge in [-0.3, -0.25) is 4.79 Å². The van der Waals surface area contributed by atoms with Gasteiger partial charge in [-0.15, -0.1) is 13.2 Å². The number of hydrogen-bond donors (Lipinski definition) is 1. The molecule has 2 rings (SSSR count). The van der Waals surface area contributed by atoms with Gasteiger partial charge >= 0.3 is 6.36 Å². The predicted octanol–water partition coefficient (Wildman–Crippen LogP) is 1.79. The minimum atomic E-state index is -4.86. The quantitative estimate of drug-likeness (QED) is 0.913. The molecule has 0 bridgehead atoms. The summed E-state index contributed by atoms with van der Waals surface area (Å²) >= 11 is 0. The Morgan fingerprint density at radius 2 is 1.95 bits per heavy atom. The number of benzene rings is 1. The van der Waals surface area contributed by atoms with Gasteiger partial charge in [-0.25, -0.2) is 5.06 Å². The molecular weight excluding hydrogens is 261 g/mol. The molecule has 0 radical (unpaired) electrons. The van der Waals surface area contributed by atoms with Crippen molar-refractivity contribution in [1.29, 1.82) is 0 Å². The summed E-state index contributed by atoms with van der Waals surface area (Å²) in [5, 5.41) is 3.19. The fraction of sp³-hybridized carbons (Fsp3) is 0.417. The van der Waals surface area contributed by atoms with Crippen LogP contribution in [0.25, 0.3) is 0 Å². The van der Waals surface area contributed by atoms with Gasteiger partial charge in [-0.1, -0.05) is 30.3 Å². The van der Waals surface area contributed by atoms with Gasteiger partial charge in [-0.05, 0) is 19.0 Å². The van der Waals surface area contributed by atoms with Crippen LogP contribution in [0.1, 0.15) is 12.0 Å². The van der Waals surface area contributed by atoms with Gasteiger partial charge in [0.05, 0.1) is 6.54 Å². The molecule has 4 nitrogen and oxygen atoms in total. The van der Waals surface area contributed by atoms with E-state index >= 15 is 0 Å². The van der Waals surface area contributed by atoms with E-state index in [4.69, 9.17) is 0 Å². The monoisotopic (exact) mass is 274 g/mol. The molecule has 7 heteroatoms. The average Bonchev–Trinajstić information content (AvgIpc) is 2.67. The Bertz CT molecular complexity index is 464. The molecule has 1 atom stereocenters. The summed E-state index contributed by atoms with van der Waals surface area (Å²) in [5.41, 5.74) is -0.539. The van der Waals surface area contributed by atoms with E-state index in [-0.39, 0.29) is 13.0 Å². The van der Waals surface area contributed by atoms with E-state index in [2.05, 4.69) is 10.2 Å². The van der Waals surface area contributed by atoms with Crippen LogP contribution in [0, 0.1) is 0 Å². The van der Waals surface area contributed by atoms with Gasteiger partial charge in [0.15, 0.2) is 0 Å². The van der Waals surface area contributed by atoms with Crippen molar-refractivity contribution >= 4 is 5.91 Å². The Hall–Kier alpha value is -1.60. The highest BCUT2D eigenvalue weighted by Gasteiger charge is 2.50. The third-order valence-corrected chi connectivity index (χ3v) is 3.19. The molecule has 0 aromatic heterocycles. The molecule has 1 saturated heterocycles. The van der Waals surface area contributed by atoms with Crippen molar-refractivity contribution in [2.24, 2.45) is 0 Å². The molecule has 0 unspecified atom stereocenters. The molecular formula is C12H13F3N2O2. The molecule has 1 heterocycles. The summed E-state index contributed by atoms with van der Waals surface area (Å²) < 4.78 is 36.6. The third kappa shape index (κ3) is 2.57. The number of likely N-dealkylation sites (N-methyl/N-ethyl adjacent to an activating group) is 1. The molecule has 1 N–H and O–H groups in total. The Morgan fingerprint density at radius 3 is 2.47 bits per heavy atom. The summed E-state index contributed by atoms with van der Waals surface area (Å²) in [5.74, 6) is -0.737. The van der Waals surface area contributed by atoms with Crippen LogP contribution in [-0.2, 0) is 15.2 Å². The van der Waals surface area contributed by atoms with Gasteiger partial charge in [0, 0.05) is 0 Å². The third-order valence-electron chi connectivity index (χ3n) is 3.19. The van der Waals surface area contributed by atoms with Gasteiger partial charge in [0.2, 0.25) is 0 Å². The molecule has 1 aliphatic heterocycles. The first-order valence-corrected chi connectivity index (χ1v) is 5.71. The number of nitrogens with zero attached hydrogens (tertiary/aromatic N) is 1. The lowest BCUT2D eigenvalue weighted by Gasteiger charge is -2.27. The van der Waals surface area contributed by atoms with Gasteiger partial charge < -0.3 is 5.32 Å². The van der Waals surface area contributed by atoms with Crippen LogP contribution in [0.5, 0.6) is 0 Å². The number of carbonyl (C=O) groups is 1. The lowest BCUT2D eigenvalue weighted by molar-refractivity contribution is -0.399. The topological polar surface area (TPSA) is 41.6 Å². The zero-order valence-corrected chi connectivity index (χ0v) is 10.2. The maximum atomic E-state index is 12.2.